The summed E-state index contributed by atoms with van der Waals surface area (Å²) in [6, 6.07) is 6.00. The molecule has 0 spiro atoms. The van der Waals surface area contributed by atoms with Gasteiger partial charge in [-0.3, -0.25) is 0 Å². The Bertz CT molecular complexity index is 216. The second-order valence-electron chi connectivity index (χ2n) is 2.25. The van der Waals surface area contributed by atoms with Crippen molar-refractivity contribution < 1.29 is 0 Å². The Morgan fingerprint density at radius 1 is 1.22 bits per heavy atom. The summed E-state index contributed by atoms with van der Waals surface area (Å²) < 4.78 is 0. The fourth-order valence-electron chi connectivity index (χ4n) is 0.795. The minimum atomic E-state index is 0.848. The molecule has 0 aromatic heterocycles. The van der Waals surface area contributed by atoms with E-state index < -0.39 is 0 Å². The Balaban J connectivity index is 3.17. The number of hydrogen-bond donors (Lipinski definition) is 0. The molecule has 0 nitrogen and oxygen atoms in total. The predicted octanol–water partition coefficient (Wildman–Crippen LogP) is 2.96. The lowest BCUT2D eigenvalue weighted by atomic mass is 10.2. The highest BCUT2D eigenvalue weighted by Crippen LogP contribution is 2.14. The van der Waals surface area contributed by atoms with Crippen LogP contribution in [0.15, 0.2) is 18.2 Å². The van der Waals surface area contributed by atoms with Crippen molar-refractivity contribution in [2.24, 2.45) is 0 Å². The van der Waals surface area contributed by atoms with Gasteiger partial charge < -0.3 is 0 Å². The van der Waals surface area contributed by atoms with Crippen molar-refractivity contribution in [1.29, 1.82) is 0 Å². The fourth-order valence-corrected chi connectivity index (χ4v) is 0.912. The molecule has 1 aromatic rings. The Kier molecular flexibility index (Phi) is 1.77. The first-order chi connectivity index (χ1) is 4.20. The summed E-state index contributed by atoms with van der Waals surface area (Å²) in [5.41, 5.74) is 2.41. The molecule has 9 heavy (non-hydrogen) atoms. The first-order valence-electron chi connectivity index (χ1n) is 2.93. The smallest absolute Gasteiger partial charge is 0.0435 e. The predicted molar refractivity (Wildman–Crippen MR) is 40.9 cm³/mol. The van der Waals surface area contributed by atoms with Crippen LogP contribution in [0.5, 0.6) is 0 Å². The van der Waals surface area contributed by atoms with E-state index in [1.807, 2.05) is 19.1 Å². The summed E-state index contributed by atoms with van der Waals surface area (Å²) in [4.78, 5) is 0. The second-order valence-corrected chi connectivity index (χ2v) is 2.66. The normalized spacial score (nSPS) is 9.67. The van der Waals surface area contributed by atoms with Gasteiger partial charge in [-0.05, 0) is 25.5 Å². The van der Waals surface area contributed by atoms with Crippen molar-refractivity contribution in [2.75, 3.05) is 0 Å². The Morgan fingerprint density at radius 3 is 2.33 bits per heavy atom. The molecule has 0 fully saturated rings. The van der Waals surface area contributed by atoms with Crippen molar-refractivity contribution in [2.45, 2.75) is 13.8 Å². The van der Waals surface area contributed by atoms with E-state index in [4.69, 9.17) is 11.6 Å². The van der Waals surface area contributed by atoms with Gasteiger partial charge in [0.1, 0.15) is 0 Å². The van der Waals surface area contributed by atoms with Gasteiger partial charge in [0.15, 0.2) is 0 Å². The molecule has 0 N–H and O–H groups in total. The average Bonchev–Trinajstić information content (AvgIpc) is 1.80. The highest BCUT2D eigenvalue weighted by molar-refractivity contribution is 6.31. The Morgan fingerprint density at radius 2 is 1.89 bits per heavy atom. The van der Waals surface area contributed by atoms with Crippen LogP contribution in [0.4, 0.5) is 0 Å². The van der Waals surface area contributed by atoms with Crippen LogP contribution in [0, 0.1) is 13.8 Å². The van der Waals surface area contributed by atoms with Crippen molar-refractivity contribution in [1.82, 2.24) is 0 Å². The number of rotatable bonds is 0. The maximum absolute atomic E-state index is 5.78. The van der Waals surface area contributed by atoms with E-state index in [2.05, 4.69) is 13.0 Å². The summed E-state index contributed by atoms with van der Waals surface area (Å²) in [5.74, 6) is 0. The third-order valence-electron chi connectivity index (χ3n) is 1.31. The average molecular weight is 141 g/mol. The molecule has 0 atom stereocenters. The van der Waals surface area contributed by atoms with E-state index in [-0.39, 0.29) is 0 Å². The van der Waals surface area contributed by atoms with Crippen LogP contribution in [0.2, 0.25) is 5.02 Å². The van der Waals surface area contributed by atoms with Gasteiger partial charge >= 0.3 is 0 Å². The number of benzene rings is 1. The Labute approximate surface area is 60.5 Å². The fraction of sp³-hybridized carbons (Fsp3) is 0.250. The second kappa shape index (κ2) is 2.40. The monoisotopic (exact) mass is 140 g/mol. The number of halogens is 1. The molecule has 0 unspecified atom stereocenters. The lowest BCUT2D eigenvalue weighted by Gasteiger charge is -1.96. The standard InChI is InChI=1S/C8H9Cl/c1-6-3-4-8(9)7(2)5-6/h3-5H,1-2H3. The summed E-state index contributed by atoms with van der Waals surface area (Å²) in [6.45, 7) is 4.07. The van der Waals surface area contributed by atoms with Crippen molar-refractivity contribution in [3.63, 3.8) is 0 Å². The quantitative estimate of drug-likeness (QED) is 0.520. The molecule has 1 heteroatoms. The van der Waals surface area contributed by atoms with Crippen molar-refractivity contribution in [3.8, 4) is 0 Å². The van der Waals surface area contributed by atoms with Crippen molar-refractivity contribution >= 4 is 11.6 Å². The third kappa shape index (κ3) is 1.46. The van der Waals surface area contributed by atoms with Gasteiger partial charge in [-0.15, -0.1) is 0 Å². The Hall–Kier alpha value is -0.490. The van der Waals surface area contributed by atoms with Crippen LogP contribution in [-0.2, 0) is 0 Å². The molecule has 48 valence electrons. The van der Waals surface area contributed by atoms with E-state index in [0.29, 0.717) is 0 Å². The van der Waals surface area contributed by atoms with Gasteiger partial charge in [-0.1, -0.05) is 29.3 Å². The van der Waals surface area contributed by atoms with E-state index in [0.717, 1.165) is 10.6 Å². The minimum absolute atomic E-state index is 0.848. The lowest BCUT2D eigenvalue weighted by Crippen LogP contribution is -1.75. The summed E-state index contributed by atoms with van der Waals surface area (Å²) in [5, 5.41) is 0.848. The van der Waals surface area contributed by atoms with Crippen LogP contribution >= 0.6 is 11.6 Å². The molecular weight excluding hydrogens is 132 g/mol. The zero-order valence-electron chi connectivity index (χ0n) is 5.61. The maximum atomic E-state index is 5.78. The maximum Gasteiger partial charge on any atom is 0.0435 e. The molecule has 0 radical (unpaired) electrons. The van der Waals surface area contributed by atoms with Gasteiger partial charge in [0.25, 0.3) is 0 Å². The molecule has 0 heterocycles. The molecule has 0 saturated heterocycles. The van der Waals surface area contributed by atoms with Crippen LogP contribution < -0.4 is 0 Å². The highest BCUT2D eigenvalue weighted by atomic mass is 35.5. The van der Waals surface area contributed by atoms with Crippen molar-refractivity contribution in [3.05, 3.63) is 34.3 Å². The topological polar surface area (TPSA) is 0 Å². The van der Waals surface area contributed by atoms with E-state index in [1.54, 1.807) is 0 Å². The van der Waals surface area contributed by atoms with Gasteiger partial charge in [0.05, 0.1) is 0 Å². The molecule has 0 aliphatic carbocycles. The molecule has 0 bridgehead atoms. The summed E-state index contributed by atoms with van der Waals surface area (Å²) in [6.07, 6.45) is 0. The molecule has 0 aliphatic heterocycles. The summed E-state index contributed by atoms with van der Waals surface area (Å²) in [7, 11) is 0. The van der Waals surface area contributed by atoms with Gasteiger partial charge in [0.2, 0.25) is 0 Å². The first-order valence-corrected chi connectivity index (χ1v) is 3.30. The lowest BCUT2D eigenvalue weighted by molar-refractivity contribution is 1.39. The van der Waals surface area contributed by atoms with E-state index in [1.165, 1.54) is 5.56 Å². The SMILES string of the molecule is Cc1ccc(Cl)c(C)c1. The van der Waals surface area contributed by atoms with E-state index in [9.17, 15) is 0 Å². The highest BCUT2D eigenvalue weighted by Gasteiger charge is 1.91. The first kappa shape index (κ1) is 6.63. The van der Waals surface area contributed by atoms with E-state index >= 15 is 0 Å². The summed E-state index contributed by atoms with van der Waals surface area (Å²) >= 11 is 5.78. The zero-order valence-corrected chi connectivity index (χ0v) is 6.37. The zero-order chi connectivity index (χ0) is 6.85. The molecule has 0 aliphatic rings. The van der Waals surface area contributed by atoms with Crippen LogP contribution in [0.1, 0.15) is 11.1 Å². The minimum Gasteiger partial charge on any atom is -0.0841 e. The molecule has 0 saturated carbocycles. The third-order valence-corrected chi connectivity index (χ3v) is 1.74. The molecule has 0 amide bonds. The van der Waals surface area contributed by atoms with Crippen LogP contribution in [-0.4, -0.2) is 0 Å². The van der Waals surface area contributed by atoms with Crippen LogP contribution in [0.3, 0.4) is 0 Å². The van der Waals surface area contributed by atoms with Gasteiger partial charge in [-0.2, -0.15) is 0 Å². The van der Waals surface area contributed by atoms with Gasteiger partial charge in [-0.25, -0.2) is 0 Å². The number of aryl methyl sites for hydroxylation is 2. The largest absolute Gasteiger partial charge is 0.0841 e. The molecule has 1 aromatic carbocycles. The number of hydrogen-bond acceptors (Lipinski definition) is 0. The van der Waals surface area contributed by atoms with Crippen LogP contribution in [0.25, 0.3) is 0 Å². The van der Waals surface area contributed by atoms with Gasteiger partial charge in [0, 0.05) is 5.02 Å². The molecular formula is C8H9Cl. The molecule has 1 rings (SSSR count).